The van der Waals surface area contributed by atoms with Crippen molar-refractivity contribution in [3.8, 4) is 0 Å². The minimum Gasteiger partial charge on any atom is -0.369 e. The maximum atomic E-state index is 4.80. The quantitative estimate of drug-likeness (QED) is 0.902. The predicted octanol–water partition coefficient (Wildman–Crippen LogP) is 3.38. The molecule has 0 unspecified atom stereocenters. The van der Waals surface area contributed by atoms with Gasteiger partial charge in [-0.15, -0.1) is 11.3 Å². The second-order valence-electron chi connectivity index (χ2n) is 6.74. The summed E-state index contributed by atoms with van der Waals surface area (Å²) >= 11 is 1.78. The highest BCUT2D eigenvalue weighted by Gasteiger charge is 2.17. The van der Waals surface area contributed by atoms with Crippen LogP contribution in [0.15, 0.2) is 5.38 Å². The lowest BCUT2D eigenvalue weighted by atomic mass is 9.96. The van der Waals surface area contributed by atoms with Gasteiger partial charge in [-0.25, -0.2) is 15.0 Å². The number of hydrogen-bond donors (Lipinski definition) is 1. The van der Waals surface area contributed by atoms with Crippen LogP contribution in [0.1, 0.15) is 48.5 Å². The Morgan fingerprint density at radius 3 is 2.79 bits per heavy atom. The van der Waals surface area contributed by atoms with E-state index in [1.54, 1.807) is 11.3 Å². The van der Waals surface area contributed by atoms with E-state index in [0.29, 0.717) is 0 Å². The van der Waals surface area contributed by atoms with Gasteiger partial charge >= 0.3 is 0 Å². The largest absolute Gasteiger partial charge is 0.369 e. The third kappa shape index (κ3) is 3.38. The van der Waals surface area contributed by atoms with Crippen molar-refractivity contribution >= 4 is 22.3 Å². The van der Waals surface area contributed by atoms with E-state index in [2.05, 4.69) is 25.6 Å². The van der Waals surface area contributed by atoms with Gasteiger partial charge in [-0.2, -0.15) is 0 Å². The van der Waals surface area contributed by atoms with Crippen LogP contribution >= 0.6 is 11.3 Å². The molecule has 5 nitrogen and oxygen atoms in total. The molecule has 0 atom stereocenters. The van der Waals surface area contributed by atoms with Gasteiger partial charge in [-0.05, 0) is 45.4 Å². The van der Waals surface area contributed by atoms with Crippen molar-refractivity contribution in [2.24, 2.45) is 0 Å². The van der Waals surface area contributed by atoms with Crippen LogP contribution < -0.4 is 10.2 Å². The average Bonchev–Trinajstić information content (AvgIpc) is 3.26. The smallest absolute Gasteiger partial charge is 0.185 e. The van der Waals surface area contributed by atoms with Crippen molar-refractivity contribution < 1.29 is 0 Å². The molecule has 1 aliphatic carbocycles. The Hall–Kier alpha value is -1.69. The lowest BCUT2D eigenvalue weighted by molar-refractivity contribution is 0.659. The maximum absolute atomic E-state index is 4.80. The second kappa shape index (κ2) is 7.05. The number of fused-ring (bicyclic) bond motifs is 1. The molecule has 6 heteroatoms. The first kappa shape index (κ1) is 15.8. The second-order valence-corrected chi connectivity index (χ2v) is 7.58. The van der Waals surface area contributed by atoms with E-state index in [0.717, 1.165) is 50.5 Å². The number of nitrogens with one attached hydrogen (secondary N) is 1. The van der Waals surface area contributed by atoms with Crippen molar-refractivity contribution in [1.82, 2.24) is 15.0 Å². The van der Waals surface area contributed by atoms with Crippen molar-refractivity contribution in [2.75, 3.05) is 29.9 Å². The zero-order valence-corrected chi connectivity index (χ0v) is 15.2. The van der Waals surface area contributed by atoms with E-state index >= 15 is 0 Å². The van der Waals surface area contributed by atoms with E-state index in [9.17, 15) is 0 Å². The van der Waals surface area contributed by atoms with Crippen LogP contribution in [0.3, 0.4) is 0 Å². The Kier molecular flexibility index (Phi) is 4.65. The molecule has 24 heavy (non-hydrogen) atoms. The Balaban J connectivity index is 1.38. The highest BCUT2D eigenvalue weighted by Crippen LogP contribution is 2.26. The summed E-state index contributed by atoms with van der Waals surface area (Å²) < 4.78 is 0. The molecule has 2 aromatic rings. The molecule has 0 amide bonds. The molecular formula is C18H25N5S. The molecule has 1 fully saturated rings. The molecule has 1 saturated heterocycles. The highest BCUT2D eigenvalue weighted by molar-refractivity contribution is 7.13. The van der Waals surface area contributed by atoms with Crippen LogP contribution in [-0.4, -0.2) is 34.6 Å². The third-order valence-corrected chi connectivity index (χ3v) is 5.83. The summed E-state index contributed by atoms with van der Waals surface area (Å²) in [7, 11) is 0. The minimum atomic E-state index is 0.878. The average molecular weight is 344 g/mol. The molecule has 1 N–H and O–H groups in total. The van der Waals surface area contributed by atoms with Gasteiger partial charge in [-0.1, -0.05) is 0 Å². The lowest BCUT2D eigenvalue weighted by Crippen LogP contribution is -2.17. The molecule has 2 aliphatic rings. The number of hydrogen-bond acceptors (Lipinski definition) is 6. The third-order valence-electron chi connectivity index (χ3n) is 4.88. The molecule has 3 heterocycles. The number of rotatable bonds is 5. The van der Waals surface area contributed by atoms with Gasteiger partial charge in [0.1, 0.15) is 11.6 Å². The van der Waals surface area contributed by atoms with Crippen LogP contribution in [0.5, 0.6) is 0 Å². The molecule has 0 saturated carbocycles. The van der Waals surface area contributed by atoms with Crippen molar-refractivity contribution in [3.05, 3.63) is 28.2 Å². The summed E-state index contributed by atoms with van der Waals surface area (Å²) in [5, 5.41) is 6.94. The zero-order chi connectivity index (χ0) is 16.4. The monoisotopic (exact) mass is 343 g/mol. The topological polar surface area (TPSA) is 53.9 Å². The summed E-state index contributed by atoms with van der Waals surface area (Å²) in [6.07, 6.45) is 8.25. The van der Waals surface area contributed by atoms with Gasteiger partial charge in [0, 0.05) is 42.7 Å². The van der Waals surface area contributed by atoms with Gasteiger partial charge in [0.25, 0.3) is 0 Å². The summed E-state index contributed by atoms with van der Waals surface area (Å²) in [6.45, 7) is 5.20. The van der Waals surface area contributed by atoms with Gasteiger partial charge in [-0.3, -0.25) is 0 Å². The Morgan fingerprint density at radius 2 is 1.92 bits per heavy atom. The van der Waals surface area contributed by atoms with Gasteiger partial charge < -0.3 is 10.2 Å². The summed E-state index contributed by atoms with van der Waals surface area (Å²) in [4.78, 5) is 16.5. The first-order chi connectivity index (χ1) is 11.8. The highest BCUT2D eigenvalue weighted by atomic mass is 32.1. The summed E-state index contributed by atoms with van der Waals surface area (Å²) in [5.41, 5.74) is 3.78. The van der Waals surface area contributed by atoms with Gasteiger partial charge in [0.2, 0.25) is 0 Å². The van der Waals surface area contributed by atoms with Crippen LogP contribution in [-0.2, 0) is 19.3 Å². The number of thiazole rings is 1. The number of aryl methyl sites for hydroxylation is 2. The predicted molar refractivity (Wildman–Crippen MR) is 99.2 cm³/mol. The van der Waals surface area contributed by atoms with Crippen molar-refractivity contribution in [3.63, 3.8) is 0 Å². The van der Waals surface area contributed by atoms with Crippen LogP contribution in [0.2, 0.25) is 0 Å². The normalized spacial score (nSPS) is 17.1. The fraction of sp³-hybridized carbons (Fsp3) is 0.611. The first-order valence-corrected chi connectivity index (χ1v) is 9.97. The standard InChI is InChI=1S/C18H25N5S/c1-13-20-16-7-3-2-6-15(16)17(21-13)19-9-8-14-12-24-18(22-14)23-10-4-5-11-23/h12H,2-11H2,1H3,(H,19,20,21). The Bertz CT molecular complexity index is 705. The van der Waals surface area contributed by atoms with Crippen LogP contribution in [0.4, 0.5) is 10.9 Å². The van der Waals surface area contributed by atoms with E-state index in [1.807, 2.05) is 6.92 Å². The molecule has 0 spiro atoms. The Labute approximate surface area is 147 Å². The molecule has 2 aromatic heterocycles. The molecule has 128 valence electrons. The summed E-state index contributed by atoms with van der Waals surface area (Å²) in [6, 6.07) is 0. The molecule has 4 rings (SSSR count). The fourth-order valence-electron chi connectivity index (χ4n) is 3.64. The molecule has 0 bridgehead atoms. The van der Waals surface area contributed by atoms with Gasteiger partial charge in [0.15, 0.2) is 5.13 Å². The van der Waals surface area contributed by atoms with Gasteiger partial charge in [0.05, 0.1) is 5.69 Å². The number of nitrogens with zero attached hydrogens (tertiary/aromatic N) is 4. The van der Waals surface area contributed by atoms with E-state index in [4.69, 9.17) is 4.98 Å². The van der Waals surface area contributed by atoms with Crippen LogP contribution in [0.25, 0.3) is 0 Å². The molecular weight excluding hydrogens is 318 g/mol. The number of anilines is 2. The maximum Gasteiger partial charge on any atom is 0.185 e. The van der Waals surface area contributed by atoms with Crippen LogP contribution in [0, 0.1) is 6.92 Å². The lowest BCUT2D eigenvalue weighted by Gasteiger charge is -2.19. The van der Waals surface area contributed by atoms with Crippen molar-refractivity contribution in [2.45, 2.75) is 51.9 Å². The molecule has 0 aromatic carbocycles. The van der Waals surface area contributed by atoms with E-state index in [-0.39, 0.29) is 0 Å². The minimum absolute atomic E-state index is 0.878. The SMILES string of the molecule is Cc1nc2c(c(NCCc3csc(N4CCCC4)n3)n1)CCCC2. The first-order valence-electron chi connectivity index (χ1n) is 9.09. The zero-order valence-electron chi connectivity index (χ0n) is 14.3. The summed E-state index contributed by atoms with van der Waals surface area (Å²) in [5.74, 6) is 1.93. The molecule has 0 radical (unpaired) electrons. The number of aromatic nitrogens is 3. The van der Waals surface area contributed by atoms with E-state index < -0.39 is 0 Å². The van der Waals surface area contributed by atoms with E-state index in [1.165, 1.54) is 47.8 Å². The molecule has 1 aliphatic heterocycles. The van der Waals surface area contributed by atoms with Crippen molar-refractivity contribution in [1.29, 1.82) is 0 Å². The fourth-order valence-corrected chi connectivity index (χ4v) is 4.55. The Morgan fingerprint density at radius 1 is 1.08 bits per heavy atom.